The Morgan fingerprint density at radius 1 is 1.70 bits per heavy atom. The second kappa shape index (κ2) is 4.76. The van der Waals surface area contributed by atoms with Crippen molar-refractivity contribution in [1.82, 2.24) is 10.2 Å². The Hall–Kier alpha value is -0.00506. The van der Waals surface area contributed by atoms with Crippen LogP contribution in [0.5, 0.6) is 5.88 Å². The van der Waals surface area contributed by atoms with Gasteiger partial charge >= 0.3 is 36.9 Å². The van der Waals surface area contributed by atoms with Gasteiger partial charge in [0.2, 0.25) is 0 Å². The van der Waals surface area contributed by atoms with E-state index in [1.165, 1.54) is 12.3 Å². The predicted octanol–water partition coefficient (Wildman–Crippen LogP) is -4.13. The van der Waals surface area contributed by atoms with Crippen molar-refractivity contribution in [1.29, 1.82) is 0 Å². The van der Waals surface area contributed by atoms with Crippen LogP contribution in [0.1, 0.15) is 1.43 Å². The first-order chi connectivity index (χ1) is 4.29. The molecule has 0 aliphatic heterocycles. The fourth-order valence-corrected chi connectivity index (χ4v) is 0.422. The molecule has 0 aliphatic rings. The monoisotopic (exact) mass is 152 g/mol. The van der Waals surface area contributed by atoms with Crippen LogP contribution < -0.4 is 34.2 Å². The molecule has 1 heterocycles. The van der Waals surface area contributed by atoms with Crippen molar-refractivity contribution in [2.24, 2.45) is 0 Å². The van der Waals surface area contributed by atoms with Crippen LogP contribution in [-0.4, -0.2) is 27.6 Å². The molecule has 1 aromatic heterocycles. The molecule has 3 N–H and O–H groups in total. The van der Waals surface area contributed by atoms with Crippen LogP contribution >= 0.6 is 0 Å². The number of H-pyrrole nitrogens is 1. The van der Waals surface area contributed by atoms with Gasteiger partial charge in [-0.2, -0.15) is 5.10 Å². The number of rotatable bonds is 2. The summed E-state index contributed by atoms with van der Waals surface area (Å²) >= 11 is 0. The van der Waals surface area contributed by atoms with Crippen molar-refractivity contribution >= 4 is 7.32 Å². The molecular formula is C3H6BN2NaO3. The molecule has 0 radical (unpaired) electrons. The van der Waals surface area contributed by atoms with E-state index >= 15 is 0 Å². The van der Waals surface area contributed by atoms with E-state index in [4.69, 9.17) is 10.0 Å². The Kier molecular flexibility index (Phi) is 4.75. The second-order valence-corrected chi connectivity index (χ2v) is 1.37. The molecule has 0 amide bonds. The van der Waals surface area contributed by atoms with E-state index in [2.05, 4.69) is 14.9 Å². The molecule has 0 fully saturated rings. The molecule has 0 saturated carbocycles. The van der Waals surface area contributed by atoms with E-state index in [1.807, 2.05) is 0 Å². The van der Waals surface area contributed by atoms with Crippen molar-refractivity contribution < 1.29 is 45.7 Å². The third kappa shape index (κ3) is 3.24. The number of hydrogen-bond acceptors (Lipinski definition) is 4. The van der Waals surface area contributed by atoms with Gasteiger partial charge in [0.05, 0.1) is 6.20 Å². The van der Waals surface area contributed by atoms with Crippen LogP contribution in [0.3, 0.4) is 0 Å². The summed E-state index contributed by atoms with van der Waals surface area (Å²) in [6.07, 6.45) is 1.44. The average molecular weight is 152 g/mol. The third-order valence-corrected chi connectivity index (χ3v) is 0.708. The van der Waals surface area contributed by atoms with E-state index in [0.29, 0.717) is 0 Å². The number of hydrogen-bond donors (Lipinski definition) is 3. The third-order valence-electron chi connectivity index (χ3n) is 0.708. The number of nitrogens with one attached hydrogen (secondary N) is 1. The summed E-state index contributed by atoms with van der Waals surface area (Å²) in [6, 6.07) is 1.47. The summed E-state index contributed by atoms with van der Waals surface area (Å²) in [4.78, 5) is 0. The van der Waals surface area contributed by atoms with Gasteiger partial charge in [0.1, 0.15) is 0 Å². The van der Waals surface area contributed by atoms with Gasteiger partial charge in [-0.15, -0.1) is 0 Å². The molecule has 5 nitrogen and oxygen atoms in total. The molecule has 0 aromatic carbocycles. The van der Waals surface area contributed by atoms with Crippen molar-refractivity contribution in [3.8, 4) is 5.88 Å². The van der Waals surface area contributed by atoms with Crippen LogP contribution in [0.25, 0.3) is 0 Å². The van der Waals surface area contributed by atoms with Gasteiger partial charge in [-0.3, -0.25) is 0 Å². The molecule has 0 atom stereocenters. The summed E-state index contributed by atoms with van der Waals surface area (Å²) in [6.45, 7) is 0. The van der Waals surface area contributed by atoms with E-state index in [-0.39, 0.29) is 36.9 Å². The average Bonchev–Trinajstić information content (AvgIpc) is 2.15. The standard InChI is InChI=1S/C3H5BN2O3.Na.H/c7-4(8)9-3-1-2-5-6-3;;/h1-2,7-8H,(H,5,6);;/q;+1;-1. The quantitative estimate of drug-likeness (QED) is 0.376. The van der Waals surface area contributed by atoms with Crippen molar-refractivity contribution in [3.05, 3.63) is 12.3 Å². The molecule has 10 heavy (non-hydrogen) atoms. The molecule has 0 bridgehead atoms. The Labute approximate surface area is 81.4 Å². The van der Waals surface area contributed by atoms with Crippen molar-refractivity contribution in [3.63, 3.8) is 0 Å². The Morgan fingerprint density at radius 3 is 2.80 bits per heavy atom. The summed E-state index contributed by atoms with van der Waals surface area (Å²) < 4.78 is 4.35. The molecule has 0 unspecified atom stereocenters. The number of nitrogens with zero attached hydrogens (tertiary/aromatic N) is 1. The van der Waals surface area contributed by atoms with Crippen LogP contribution in [0.2, 0.25) is 0 Å². The zero-order chi connectivity index (χ0) is 6.69. The first-order valence-corrected chi connectivity index (χ1v) is 2.31. The van der Waals surface area contributed by atoms with Crippen LogP contribution in [0, 0.1) is 0 Å². The van der Waals surface area contributed by atoms with Crippen LogP contribution in [-0.2, 0) is 0 Å². The van der Waals surface area contributed by atoms with Gasteiger partial charge in [0.25, 0.3) is 0 Å². The number of aromatic amines is 1. The fraction of sp³-hybridized carbons (Fsp3) is 0. The summed E-state index contributed by atoms with van der Waals surface area (Å²) in [5.74, 6) is 0.227. The van der Waals surface area contributed by atoms with E-state index < -0.39 is 7.32 Å². The molecule has 7 heteroatoms. The number of aromatic nitrogens is 2. The van der Waals surface area contributed by atoms with Crippen LogP contribution in [0.15, 0.2) is 12.3 Å². The molecular weight excluding hydrogens is 146 g/mol. The first kappa shape index (κ1) is 9.99. The molecule has 1 rings (SSSR count). The van der Waals surface area contributed by atoms with Crippen LogP contribution in [0.4, 0.5) is 0 Å². The minimum absolute atomic E-state index is 0. The summed E-state index contributed by atoms with van der Waals surface area (Å²) in [7, 11) is -1.79. The first-order valence-electron chi connectivity index (χ1n) is 2.31. The minimum atomic E-state index is -1.79. The molecule has 0 aliphatic carbocycles. The fourth-order valence-electron chi connectivity index (χ4n) is 0.422. The van der Waals surface area contributed by atoms with Gasteiger partial charge in [0, 0.05) is 6.07 Å². The van der Waals surface area contributed by atoms with Gasteiger partial charge < -0.3 is 16.1 Å². The summed E-state index contributed by atoms with van der Waals surface area (Å²) in [5.41, 5.74) is 0. The molecule has 0 spiro atoms. The van der Waals surface area contributed by atoms with Crippen molar-refractivity contribution in [2.45, 2.75) is 0 Å². The van der Waals surface area contributed by atoms with Gasteiger partial charge in [-0.1, -0.05) is 0 Å². The second-order valence-electron chi connectivity index (χ2n) is 1.37. The maximum Gasteiger partial charge on any atom is 1.00 e. The van der Waals surface area contributed by atoms with Gasteiger partial charge in [-0.25, -0.2) is 5.10 Å². The molecule has 0 saturated heterocycles. The van der Waals surface area contributed by atoms with Crippen molar-refractivity contribution in [2.75, 3.05) is 0 Å². The maximum absolute atomic E-state index is 8.21. The largest absolute Gasteiger partial charge is 1.00 e. The van der Waals surface area contributed by atoms with E-state index in [9.17, 15) is 0 Å². The van der Waals surface area contributed by atoms with E-state index in [0.717, 1.165) is 0 Å². The normalized spacial score (nSPS) is 8.20. The maximum atomic E-state index is 8.21. The minimum Gasteiger partial charge on any atom is -1.00 e. The molecule has 1 aromatic rings. The van der Waals surface area contributed by atoms with Gasteiger partial charge in [0.15, 0.2) is 5.88 Å². The molecule has 50 valence electrons. The Balaban J connectivity index is 0. The SMILES string of the molecule is OB(O)Oc1ccn[nH]1.[H-].[Na+]. The zero-order valence-corrected chi connectivity index (χ0v) is 7.48. The zero-order valence-electron chi connectivity index (χ0n) is 6.48. The smallest absolute Gasteiger partial charge is 1.00 e. The Bertz CT molecular complexity index is 173. The topological polar surface area (TPSA) is 78.4 Å². The Morgan fingerprint density at radius 2 is 2.40 bits per heavy atom. The predicted molar refractivity (Wildman–Crippen MR) is 30.5 cm³/mol. The van der Waals surface area contributed by atoms with E-state index in [1.54, 1.807) is 0 Å². The summed E-state index contributed by atoms with van der Waals surface area (Å²) in [5, 5.41) is 22.3. The van der Waals surface area contributed by atoms with Gasteiger partial charge in [-0.05, 0) is 0 Å².